The predicted octanol–water partition coefficient (Wildman–Crippen LogP) is 4.32. The topological polar surface area (TPSA) is 56.7 Å². The highest BCUT2D eigenvalue weighted by Gasteiger charge is 2.14. The number of imidazole rings is 1. The molecular weight excluding hydrogens is 376 g/mol. The molecule has 2 N–H and O–H groups in total. The standard InChI is InChI=1S/C20H17BrN4/c21-16-7-5-14(6-8-16)12-25-10-9-18-19(13-25)24-20(23-18)17-4-2-1-3-15(17)11-22/h1-10,13H,11-12,22H2. The van der Waals surface area contributed by atoms with Crippen LogP contribution < -0.4 is 5.73 Å². The van der Waals surface area contributed by atoms with Crippen molar-refractivity contribution < 1.29 is 0 Å². The average molecular weight is 393 g/mol. The monoisotopic (exact) mass is 392 g/mol. The van der Waals surface area contributed by atoms with Crippen LogP contribution in [0.2, 0.25) is 0 Å². The molecular formula is C20H17BrN4. The van der Waals surface area contributed by atoms with Crippen molar-refractivity contribution in [2.75, 3.05) is 0 Å². The molecule has 5 heteroatoms. The molecule has 2 aliphatic rings. The number of halogens is 1. The Morgan fingerprint density at radius 3 is 2.48 bits per heavy atom. The lowest BCUT2D eigenvalue weighted by atomic mass is 10.1. The SMILES string of the molecule is NCc1ccccc1-c1nc2ccn(Cc3ccc(Br)cc3)cc-2n1. The number of nitrogens with two attached hydrogens (primary N) is 1. The Bertz CT molecular complexity index is 975. The summed E-state index contributed by atoms with van der Waals surface area (Å²) in [7, 11) is 0. The van der Waals surface area contributed by atoms with E-state index in [0.717, 1.165) is 39.4 Å². The van der Waals surface area contributed by atoms with Crippen LogP contribution in [0, 0.1) is 0 Å². The van der Waals surface area contributed by atoms with Crippen LogP contribution in [-0.2, 0) is 13.1 Å². The van der Waals surface area contributed by atoms with Gasteiger partial charge in [0.05, 0.1) is 5.69 Å². The molecule has 0 saturated heterocycles. The summed E-state index contributed by atoms with van der Waals surface area (Å²) in [6.45, 7) is 1.27. The fourth-order valence-corrected chi connectivity index (χ4v) is 3.15. The maximum absolute atomic E-state index is 5.84. The third-order valence-electron chi connectivity index (χ3n) is 4.18. The van der Waals surface area contributed by atoms with Crippen molar-refractivity contribution in [2.45, 2.75) is 13.1 Å². The van der Waals surface area contributed by atoms with Crippen LogP contribution in [-0.4, -0.2) is 14.5 Å². The summed E-state index contributed by atoms with van der Waals surface area (Å²) in [6.07, 6.45) is 4.08. The molecule has 0 atom stereocenters. The second-order valence-corrected chi connectivity index (χ2v) is 6.84. The highest BCUT2D eigenvalue weighted by atomic mass is 79.9. The predicted molar refractivity (Wildman–Crippen MR) is 103 cm³/mol. The lowest BCUT2D eigenvalue weighted by molar-refractivity contribution is 0.789. The summed E-state index contributed by atoms with van der Waals surface area (Å²) >= 11 is 3.47. The Morgan fingerprint density at radius 2 is 1.68 bits per heavy atom. The third-order valence-corrected chi connectivity index (χ3v) is 4.71. The Labute approximate surface area is 154 Å². The molecule has 4 rings (SSSR count). The van der Waals surface area contributed by atoms with E-state index in [1.54, 1.807) is 0 Å². The fourth-order valence-electron chi connectivity index (χ4n) is 2.89. The van der Waals surface area contributed by atoms with Gasteiger partial charge in [-0.15, -0.1) is 0 Å². The Kier molecular flexibility index (Phi) is 4.34. The number of rotatable bonds is 4. The van der Waals surface area contributed by atoms with Crippen LogP contribution in [0.1, 0.15) is 11.1 Å². The van der Waals surface area contributed by atoms with E-state index in [9.17, 15) is 0 Å². The van der Waals surface area contributed by atoms with Gasteiger partial charge in [-0.05, 0) is 29.3 Å². The van der Waals surface area contributed by atoms with Crippen LogP contribution in [0.3, 0.4) is 0 Å². The normalized spacial score (nSPS) is 11.1. The smallest absolute Gasteiger partial charge is 0.160 e. The van der Waals surface area contributed by atoms with Gasteiger partial charge in [0.15, 0.2) is 5.82 Å². The highest BCUT2D eigenvalue weighted by molar-refractivity contribution is 9.10. The van der Waals surface area contributed by atoms with Gasteiger partial charge < -0.3 is 10.3 Å². The van der Waals surface area contributed by atoms with Gasteiger partial charge in [-0.3, -0.25) is 0 Å². The zero-order valence-electron chi connectivity index (χ0n) is 13.6. The first-order valence-electron chi connectivity index (χ1n) is 8.09. The van der Waals surface area contributed by atoms with E-state index in [0.29, 0.717) is 6.54 Å². The maximum atomic E-state index is 5.84. The van der Waals surface area contributed by atoms with Gasteiger partial charge in [-0.1, -0.05) is 52.3 Å². The third kappa shape index (κ3) is 3.34. The molecule has 4 nitrogen and oxygen atoms in total. The lowest BCUT2D eigenvalue weighted by Gasteiger charge is -2.08. The van der Waals surface area contributed by atoms with E-state index in [1.807, 2.05) is 42.7 Å². The minimum Gasteiger partial charge on any atom is -0.348 e. The molecule has 25 heavy (non-hydrogen) atoms. The molecule has 0 radical (unpaired) electrons. The van der Waals surface area contributed by atoms with Crippen LogP contribution in [0.5, 0.6) is 0 Å². The highest BCUT2D eigenvalue weighted by Crippen LogP contribution is 2.27. The van der Waals surface area contributed by atoms with Gasteiger partial charge in [0.25, 0.3) is 0 Å². The summed E-state index contributed by atoms with van der Waals surface area (Å²) in [5, 5.41) is 0. The molecule has 124 valence electrons. The van der Waals surface area contributed by atoms with Crippen LogP contribution >= 0.6 is 15.9 Å². The van der Waals surface area contributed by atoms with Crippen LogP contribution in [0.25, 0.3) is 22.8 Å². The molecule has 0 spiro atoms. The number of pyridine rings is 1. The second-order valence-electron chi connectivity index (χ2n) is 5.92. The van der Waals surface area contributed by atoms with E-state index < -0.39 is 0 Å². The molecule has 2 aliphatic heterocycles. The minimum atomic E-state index is 0.477. The average Bonchev–Trinajstić information content (AvgIpc) is 3.07. The Balaban J connectivity index is 1.68. The molecule has 0 amide bonds. The number of aromatic nitrogens is 3. The number of fused-ring (bicyclic) bond motifs is 1. The molecule has 0 aromatic heterocycles. The molecule has 2 heterocycles. The Morgan fingerprint density at radius 1 is 0.920 bits per heavy atom. The Hall–Kier alpha value is -2.50. The molecule has 0 unspecified atom stereocenters. The number of hydrogen-bond donors (Lipinski definition) is 1. The van der Waals surface area contributed by atoms with E-state index in [-0.39, 0.29) is 0 Å². The van der Waals surface area contributed by atoms with E-state index in [2.05, 4.69) is 49.7 Å². The minimum absolute atomic E-state index is 0.477. The van der Waals surface area contributed by atoms with E-state index in [1.165, 1.54) is 5.56 Å². The molecule has 0 bridgehead atoms. The molecule has 2 aromatic rings. The van der Waals surface area contributed by atoms with Crippen molar-refractivity contribution in [1.29, 1.82) is 0 Å². The number of hydrogen-bond acceptors (Lipinski definition) is 3. The number of benzene rings is 2. The summed E-state index contributed by atoms with van der Waals surface area (Å²) in [5.41, 5.74) is 10.9. The van der Waals surface area contributed by atoms with Crippen LogP contribution in [0.15, 0.2) is 71.5 Å². The van der Waals surface area contributed by atoms with Crippen LogP contribution in [0.4, 0.5) is 0 Å². The van der Waals surface area contributed by atoms with Crippen molar-refractivity contribution in [3.63, 3.8) is 0 Å². The zero-order chi connectivity index (χ0) is 17.2. The molecule has 0 saturated carbocycles. The van der Waals surface area contributed by atoms with Crippen molar-refractivity contribution in [3.8, 4) is 22.8 Å². The first-order chi connectivity index (χ1) is 12.2. The van der Waals surface area contributed by atoms with Gasteiger partial charge in [0, 0.05) is 35.5 Å². The summed E-state index contributed by atoms with van der Waals surface area (Å²) in [4.78, 5) is 9.38. The second kappa shape index (κ2) is 6.78. The van der Waals surface area contributed by atoms with Gasteiger partial charge in [-0.25, -0.2) is 9.97 Å². The van der Waals surface area contributed by atoms with Gasteiger partial charge in [-0.2, -0.15) is 0 Å². The summed E-state index contributed by atoms with van der Waals surface area (Å²) < 4.78 is 3.21. The summed E-state index contributed by atoms with van der Waals surface area (Å²) in [6, 6.07) is 18.4. The zero-order valence-corrected chi connectivity index (χ0v) is 15.1. The first kappa shape index (κ1) is 16.0. The number of nitrogens with zero attached hydrogens (tertiary/aromatic N) is 3. The van der Waals surface area contributed by atoms with Gasteiger partial charge in [0.2, 0.25) is 0 Å². The van der Waals surface area contributed by atoms with Gasteiger partial charge in [0.1, 0.15) is 5.69 Å². The van der Waals surface area contributed by atoms with E-state index in [4.69, 9.17) is 10.7 Å². The van der Waals surface area contributed by atoms with Crippen molar-refractivity contribution in [3.05, 3.63) is 82.6 Å². The van der Waals surface area contributed by atoms with Crippen molar-refractivity contribution in [1.82, 2.24) is 14.5 Å². The maximum Gasteiger partial charge on any atom is 0.160 e. The fraction of sp³-hybridized carbons (Fsp3) is 0.100. The van der Waals surface area contributed by atoms with Crippen molar-refractivity contribution in [2.24, 2.45) is 5.73 Å². The largest absolute Gasteiger partial charge is 0.348 e. The molecule has 2 aromatic carbocycles. The first-order valence-corrected chi connectivity index (χ1v) is 8.88. The van der Waals surface area contributed by atoms with Crippen molar-refractivity contribution >= 4 is 15.9 Å². The quantitative estimate of drug-likeness (QED) is 0.562. The summed E-state index contributed by atoms with van der Waals surface area (Å²) in [5.74, 6) is 0.734. The molecule has 0 aliphatic carbocycles. The van der Waals surface area contributed by atoms with E-state index >= 15 is 0 Å². The lowest BCUT2D eigenvalue weighted by Crippen LogP contribution is -2.00. The molecule has 0 fully saturated rings. The van der Waals surface area contributed by atoms with Gasteiger partial charge >= 0.3 is 0 Å².